The van der Waals surface area contributed by atoms with Gasteiger partial charge in [-0.2, -0.15) is 0 Å². The lowest BCUT2D eigenvalue weighted by Crippen LogP contribution is -2.43. The Morgan fingerprint density at radius 2 is 1.24 bits per heavy atom. The molecule has 11 nitrogen and oxygen atoms in total. The molecular weight excluding hydrogens is 565 g/mol. The Labute approximate surface area is 252 Å². The number of carbonyl (C=O) groups excluding carboxylic acids is 2. The summed E-state index contributed by atoms with van der Waals surface area (Å²) in [5, 5.41) is 21.4. The number of carboxylic acids is 1. The van der Waals surface area contributed by atoms with Crippen LogP contribution in [0.2, 0.25) is 0 Å². The fourth-order valence-electron chi connectivity index (χ4n) is 4.01. The first-order valence-corrected chi connectivity index (χ1v) is 17.2. The smallest absolute Gasteiger partial charge is 0.472 e. The van der Waals surface area contributed by atoms with Crippen molar-refractivity contribution in [2.75, 3.05) is 19.8 Å². The zero-order valence-electron chi connectivity index (χ0n) is 25.8. The van der Waals surface area contributed by atoms with Gasteiger partial charge in [-0.05, 0) is 38.5 Å². The Kier molecular flexibility index (Phi) is 25.7. The molecule has 0 saturated heterocycles. The van der Waals surface area contributed by atoms with E-state index in [9.17, 15) is 34.1 Å². The summed E-state index contributed by atoms with van der Waals surface area (Å²) in [6.45, 7) is 2.30. The number of aliphatic hydroxyl groups excluding tert-OH is 1. The van der Waals surface area contributed by atoms with E-state index in [0.29, 0.717) is 12.8 Å². The van der Waals surface area contributed by atoms with Crippen molar-refractivity contribution in [2.45, 2.75) is 142 Å². The van der Waals surface area contributed by atoms with Gasteiger partial charge in [0.2, 0.25) is 5.91 Å². The highest BCUT2D eigenvalue weighted by molar-refractivity contribution is 7.47. The van der Waals surface area contributed by atoms with E-state index in [0.717, 1.165) is 51.4 Å². The lowest BCUT2D eigenvalue weighted by Gasteiger charge is -2.18. The molecule has 0 rings (SSSR count). The molecule has 0 aromatic heterocycles. The average Bonchev–Trinajstić information content (AvgIpc) is 2.95. The SMILES string of the molecule is CCCCCCCC/C=C\CCCCCCCC(=O)OCC(O)COP(=O)(O)OCC(NC(=O)CCCCC)C(=O)O. The molecule has 0 saturated carbocycles. The number of hydrogen-bond donors (Lipinski definition) is 4. The first-order valence-electron chi connectivity index (χ1n) is 15.7. The molecule has 0 bridgehead atoms. The summed E-state index contributed by atoms with van der Waals surface area (Å²) in [4.78, 5) is 44.8. The zero-order valence-corrected chi connectivity index (χ0v) is 26.7. The molecule has 0 aromatic carbocycles. The van der Waals surface area contributed by atoms with Gasteiger partial charge in [-0.15, -0.1) is 0 Å². The number of carbonyl (C=O) groups is 3. The van der Waals surface area contributed by atoms with Gasteiger partial charge in [0.05, 0.1) is 13.2 Å². The van der Waals surface area contributed by atoms with Gasteiger partial charge in [-0.25, -0.2) is 9.36 Å². The molecule has 0 spiro atoms. The van der Waals surface area contributed by atoms with Gasteiger partial charge in [0.1, 0.15) is 12.7 Å². The molecule has 246 valence electrons. The maximum absolute atomic E-state index is 12.0. The molecule has 3 unspecified atom stereocenters. The molecule has 0 aliphatic carbocycles. The third-order valence-corrected chi connectivity index (χ3v) is 7.51. The third-order valence-electron chi connectivity index (χ3n) is 6.55. The van der Waals surface area contributed by atoms with E-state index in [4.69, 9.17) is 4.74 Å². The number of amides is 1. The van der Waals surface area contributed by atoms with Gasteiger partial charge >= 0.3 is 19.8 Å². The van der Waals surface area contributed by atoms with Crippen LogP contribution in [0.15, 0.2) is 12.2 Å². The highest BCUT2D eigenvalue weighted by Gasteiger charge is 2.28. The van der Waals surface area contributed by atoms with Gasteiger partial charge in [0, 0.05) is 12.8 Å². The van der Waals surface area contributed by atoms with Crippen LogP contribution >= 0.6 is 7.82 Å². The summed E-state index contributed by atoms with van der Waals surface area (Å²) in [6, 6.07) is -1.54. The molecule has 4 N–H and O–H groups in total. The maximum atomic E-state index is 12.0. The number of esters is 1. The average molecular weight is 622 g/mol. The molecule has 12 heteroatoms. The number of allylic oxidation sites excluding steroid dienone is 2. The van der Waals surface area contributed by atoms with Gasteiger partial charge in [-0.3, -0.25) is 18.6 Å². The minimum atomic E-state index is -4.72. The second kappa shape index (κ2) is 26.8. The second-order valence-electron chi connectivity index (χ2n) is 10.6. The standard InChI is InChI=1S/C30H56NO10P/c1-3-5-7-8-9-10-11-12-13-14-15-16-17-18-20-22-29(34)39-23-26(32)24-40-42(37,38)41-25-27(30(35)36)31-28(33)21-19-6-4-2/h12-13,26-27,32H,3-11,14-25H2,1-2H3,(H,31,33)(H,35,36)(H,37,38)/b13-12-. The minimum absolute atomic E-state index is 0.132. The highest BCUT2D eigenvalue weighted by atomic mass is 31.2. The van der Waals surface area contributed by atoms with E-state index in [1.807, 2.05) is 6.92 Å². The second-order valence-corrected chi connectivity index (χ2v) is 12.1. The van der Waals surface area contributed by atoms with Crippen LogP contribution in [0.1, 0.15) is 129 Å². The predicted molar refractivity (Wildman–Crippen MR) is 162 cm³/mol. The lowest BCUT2D eigenvalue weighted by molar-refractivity contribution is -0.147. The van der Waals surface area contributed by atoms with E-state index < -0.39 is 57.6 Å². The number of carboxylic acid groups (broad SMARTS) is 1. The Bertz CT molecular complexity index is 792. The topological polar surface area (TPSA) is 169 Å². The normalized spacial score (nSPS) is 14.4. The Morgan fingerprint density at radius 1 is 0.738 bits per heavy atom. The van der Waals surface area contributed by atoms with Gasteiger partial charge in [0.15, 0.2) is 6.04 Å². The van der Waals surface area contributed by atoms with E-state index in [1.54, 1.807) is 0 Å². The van der Waals surface area contributed by atoms with Crippen molar-refractivity contribution < 1.29 is 47.8 Å². The van der Waals surface area contributed by atoms with Crippen LogP contribution in [0.5, 0.6) is 0 Å². The van der Waals surface area contributed by atoms with Crippen molar-refractivity contribution in [1.82, 2.24) is 5.32 Å². The van der Waals surface area contributed by atoms with Crippen LogP contribution in [0, 0.1) is 0 Å². The number of phosphoric ester groups is 1. The molecule has 0 heterocycles. The largest absolute Gasteiger partial charge is 0.480 e. The summed E-state index contributed by atoms with van der Waals surface area (Å²) in [5.41, 5.74) is 0. The fraction of sp³-hybridized carbons (Fsp3) is 0.833. The fourth-order valence-corrected chi connectivity index (χ4v) is 4.78. The number of nitrogens with one attached hydrogen (secondary N) is 1. The summed E-state index contributed by atoms with van der Waals surface area (Å²) < 4.78 is 26.3. The summed E-state index contributed by atoms with van der Waals surface area (Å²) in [7, 11) is -4.72. The van der Waals surface area contributed by atoms with Crippen LogP contribution in [-0.2, 0) is 32.7 Å². The molecule has 1 amide bonds. The molecular formula is C30H56NO10P. The van der Waals surface area contributed by atoms with Crippen molar-refractivity contribution in [1.29, 1.82) is 0 Å². The first-order chi connectivity index (χ1) is 20.1. The van der Waals surface area contributed by atoms with Crippen molar-refractivity contribution in [3.63, 3.8) is 0 Å². The summed E-state index contributed by atoms with van der Waals surface area (Å²) >= 11 is 0. The number of ether oxygens (including phenoxy) is 1. The Hall–Kier alpha value is -1.78. The number of hydrogen-bond acceptors (Lipinski definition) is 8. The minimum Gasteiger partial charge on any atom is -0.480 e. The molecule has 0 fully saturated rings. The predicted octanol–water partition coefficient (Wildman–Crippen LogP) is 6.21. The lowest BCUT2D eigenvalue weighted by atomic mass is 10.1. The van der Waals surface area contributed by atoms with Crippen LogP contribution in [0.25, 0.3) is 0 Å². The molecule has 42 heavy (non-hydrogen) atoms. The Morgan fingerprint density at radius 3 is 1.83 bits per heavy atom. The van der Waals surface area contributed by atoms with Crippen molar-refractivity contribution in [3.05, 3.63) is 12.2 Å². The van der Waals surface area contributed by atoms with E-state index >= 15 is 0 Å². The van der Waals surface area contributed by atoms with Crippen molar-refractivity contribution in [3.8, 4) is 0 Å². The number of aliphatic hydroxyl groups is 1. The number of rotatable bonds is 29. The van der Waals surface area contributed by atoms with Gasteiger partial charge < -0.3 is 25.2 Å². The molecule has 0 aliphatic heterocycles. The highest BCUT2D eigenvalue weighted by Crippen LogP contribution is 2.43. The number of phosphoric acid groups is 1. The quantitative estimate of drug-likeness (QED) is 0.0326. The Balaban J connectivity index is 3.90. The molecule has 0 radical (unpaired) electrons. The van der Waals surface area contributed by atoms with E-state index in [2.05, 4.69) is 33.4 Å². The molecule has 0 aromatic rings. The summed E-state index contributed by atoms with van der Waals surface area (Å²) in [6.07, 6.45) is 20.8. The van der Waals surface area contributed by atoms with Crippen LogP contribution in [0.4, 0.5) is 0 Å². The van der Waals surface area contributed by atoms with Crippen LogP contribution in [0.3, 0.4) is 0 Å². The number of aliphatic carboxylic acids is 1. The van der Waals surface area contributed by atoms with Gasteiger partial charge in [-0.1, -0.05) is 90.2 Å². The van der Waals surface area contributed by atoms with Crippen LogP contribution < -0.4 is 5.32 Å². The first kappa shape index (κ1) is 40.2. The monoisotopic (exact) mass is 621 g/mol. The summed E-state index contributed by atoms with van der Waals surface area (Å²) in [5.74, 6) is -2.42. The third kappa shape index (κ3) is 25.9. The van der Waals surface area contributed by atoms with Crippen molar-refractivity contribution >= 4 is 25.7 Å². The van der Waals surface area contributed by atoms with E-state index in [-0.39, 0.29) is 12.8 Å². The van der Waals surface area contributed by atoms with Crippen LogP contribution in [-0.4, -0.2) is 64.9 Å². The van der Waals surface area contributed by atoms with E-state index in [1.165, 1.54) is 38.5 Å². The molecule has 0 aliphatic rings. The molecule has 3 atom stereocenters. The number of unbranched alkanes of at least 4 members (excludes halogenated alkanes) is 13. The maximum Gasteiger partial charge on any atom is 0.472 e. The zero-order chi connectivity index (χ0) is 31.5. The van der Waals surface area contributed by atoms with Gasteiger partial charge in [0.25, 0.3) is 0 Å². The van der Waals surface area contributed by atoms with Crippen molar-refractivity contribution in [2.24, 2.45) is 0 Å².